The van der Waals surface area contributed by atoms with Crippen LogP contribution in [-0.2, 0) is 0 Å². The van der Waals surface area contributed by atoms with Crippen LogP contribution in [0.3, 0.4) is 0 Å². The lowest BCUT2D eigenvalue weighted by Crippen LogP contribution is -1.98. The molecule has 0 saturated carbocycles. The summed E-state index contributed by atoms with van der Waals surface area (Å²) in [5.74, 6) is 0.697. The smallest absolute Gasteiger partial charge is 0.258 e. The van der Waals surface area contributed by atoms with Gasteiger partial charge < -0.3 is 9.84 Å². The second-order valence-corrected chi connectivity index (χ2v) is 4.96. The molecule has 0 aliphatic carbocycles. The van der Waals surface area contributed by atoms with Crippen LogP contribution in [0, 0.1) is 0 Å². The number of aromatic nitrogens is 3. The number of methoxy groups -OCH3 is 1. The highest BCUT2D eigenvalue weighted by Crippen LogP contribution is 2.30. The van der Waals surface area contributed by atoms with Crippen LogP contribution in [0.15, 0.2) is 54.7 Å². The number of phenolic OH excluding ortho intramolecular Hbond substituents is 1. The van der Waals surface area contributed by atoms with Gasteiger partial charge in [-0.05, 0) is 24.3 Å². The molecule has 0 atom stereocenters. The maximum atomic E-state index is 9.73. The first-order chi connectivity index (χ1) is 10.8. The predicted molar refractivity (Wildman–Crippen MR) is 84.1 cm³/mol. The number of fused-ring (bicyclic) bond motifs is 3. The van der Waals surface area contributed by atoms with Gasteiger partial charge in [-0.3, -0.25) is 4.40 Å². The molecule has 5 nitrogen and oxygen atoms in total. The predicted octanol–water partition coefficient (Wildman–Crippen LogP) is 3.26. The number of nitrogens with zero attached hydrogens (tertiary/aromatic N) is 3. The van der Waals surface area contributed by atoms with Crippen LogP contribution in [0.5, 0.6) is 11.6 Å². The number of rotatable bonds is 2. The number of hydrogen-bond donors (Lipinski definition) is 1. The molecule has 5 heteroatoms. The molecule has 4 aromatic rings. The summed E-state index contributed by atoms with van der Waals surface area (Å²) in [5, 5.41) is 9.73. The number of aromatic hydroxyl groups is 1. The summed E-state index contributed by atoms with van der Waals surface area (Å²) in [7, 11) is 1.58. The van der Waals surface area contributed by atoms with E-state index in [4.69, 9.17) is 4.74 Å². The van der Waals surface area contributed by atoms with Crippen LogP contribution in [0.4, 0.5) is 0 Å². The molecule has 0 saturated heterocycles. The summed E-state index contributed by atoms with van der Waals surface area (Å²) in [6.45, 7) is 0. The fourth-order valence-corrected chi connectivity index (χ4v) is 2.66. The molecule has 0 unspecified atom stereocenters. The molecule has 1 N–H and O–H groups in total. The summed E-state index contributed by atoms with van der Waals surface area (Å²) < 4.78 is 7.36. The Labute approximate surface area is 126 Å². The third-order valence-electron chi connectivity index (χ3n) is 3.63. The van der Waals surface area contributed by atoms with E-state index in [1.54, 1.807) is 25.4 Å². The van der Waals surface area contributed by atoms with Crippen LogP contribution in [0.25, 0.3) is 27.9 Å². The Morgan fingerprint density at radius 1 is 1.09 bits per heavy atom. The third-order valence-corrected chi connectivity index (χ3v) is 3.63. The van der Waals surface area contributed by atoms with E-state index < -0.39 is 0 Å². The van der Waals surface area contributed by atoms with E-state index in [2.05, 4.69) is 9.97 Å². The average molecular weight is 291 g/mol. The van der Waals surface area contributed by atoms with Crippen molar-refractivity contribution in [3.63, 3.8) is 0 Å². The van der Waals surface area contributed by atoms with Gasteiger partial charge in [0.05, 0.1) is 30.0 Å². The molecule has 2 aromatic heterocycles. The van der Waals surface area contributed by atoms with E-state index in [0.29, 0.717) is 11.5 Å². The zero-order chi connectivity index (χ0) is 15.1. The number of imidazole rings is 1. The number of hydrogen-bond acceptors (Lipinski definition) is 4. The lowest BCUT2D eigenvalue weighted by atomic mass is 10.1. The van der Waals surface area contributed by atoms with E-state index in [1.165, 1.54) is 0 Å². The zero-order valence-corrected chi connectivity index (χ0v) is 11.9. The molecule has 22 heavy (non-hydrogen) atoms. The van der Waals surface area contributed by atoms with Crippen molar-refractivity contribution in [2.24, 2.45) is 0 Å². The molecule has 0 fully saturated rings. The molecule has 2 heterocycles. The fourth-order valence-electron chi connectivity index (χ4n) is 2.66. The molecule has 0 aliphatic rings. The number of phenols is 1. The van der Waals surface area contributed by atoms with Gasteiger partial charge >= 0.3 is 0 Å². The van der Waals surface area contributed by atoms with E-state index in [1.807, 2.05) is 40.8 Å². The summed E-state index contributed by atoms with van der Waals surface area (Å²) in [4.78, 5) is 8.93. The molecule has 4 rings (SSSR count). The summed E-state index contributed by atoms with van der Waals surface area (Å²) in [6, 6.07) is 14.9. The lowest BCUT2D eigenvalue weighted by Gasteiger charge is -2.09. The Morgan fingerprint density at radius 2 is 1.95 bits per heavy atom. The largest absolute Gasteiger partial charge is 0.508 e. The summed E-state index contributed by atoms with van der Waals surface area (Å²) >= 11 is 0. The van der Waals surface area contributed by atoms with E-state index >= 15 is 0 Å². The van der Waals surface area contributed by atoms with Crippen molar-refractivity contribution in [1.82, 2.24) is 14.4 Å². The Balaban J connectivity index is 2.15. The van der Waals surface area contributed by atoms with Crippen LogP contribution in [-0.4, -0.2) is 26.6 Å². The molecule has 0 radical (unpaired) electrons. The monoisotopic (exact) mass is 291 g/mol. The standard InChI is InChI=1S/C17H13N3O2/c1-22-17-16-18-10-15(11-5-4-6-12(21)9-11)20(16)14-8-3-2-7-13(14)19-17/h2-10,21H,1H3. The van der Waals surface area contributed by atoms with E-state index in [0.717, 1.165) is 22.3 Å². The van der Waals surface area contributed by atoms with Gasteiger partial charge in [-0.15, -0.1) is 0 Å². The highest BCUT2D eigenvalue weighted by atomic mass is 16.5. The minimum Gasteiger partial charge on any atom is -0.508 e. The molecule has 0 amide bonds. The molecule has 0 bridgehead atoms. The Hall–Kier alpha value is -3.08. The highest BCUT2D eigenvalue weighted by molar-refractivity contribution is 5.83. The van der Waals surface area contributed by atoms with E-state index in [9.17, 15) is 5.11 Å². The Kier molecular flexibility index (Phi) is 2.72. The second kappa shape index (κ2) is 4.73. The molecule has 2 aromatic carbocycles. The van der Waals surface area contributed by atoms with Crippen molar-refractivity contribution < 1.29 is 9.84 Å². The van der Waals surface area contributed by atoms with Crippen molar-refractivity contribution in [3.8, 4) is 22.9 Å². The maximum Gasteiger partial charge on any atom is 0.258 e. The molecular formula is C17H13N3O2. The minimum absolute atomic E-state index is 0.220. The van der Waals surface area contributed by atoms with Crippen molar-refractivity contribution in [3.05, 3.63) is 54.7 Å². The minimum atomic E-state index is 0.220. The van der Waals surface area contributed by atoms with Crippen LogP contribution < -0.4 is 4.74 Å². The first kappa shape index (κ1) is 12.6. The zero-order valence-electron chi connectivity index (χ0n) is 11.9. The number of benzene rings is 2. The first-order valence-corrected chi connectivity index (χ1v) is 6.87. The number of para-hydroxylation sites is 2. The van der Waals surface area contributed by atoms with Crippen molar-refractivity contribution in [1.29, 1.82) is 0 Å². The van der Waals surface area contributed by atoms with Gasteiger partial charge in [0.25, 0.3) is 5.88 Å². The molecule has 108 valence electrons. The normalized spacial score (nSPS) is 11.1. The quantitative estimate of drug-likeness (QED) is 0.616. The summed E-state index contributed by atoms with van der Waals surface area (Å²) in [6.07, 6.45) is 1.76. The average Bonchev–Trinajstić information content (AvgIpc) is 2.99. The van der Waals surface area contributed by atoms with E-state index in [-0.39, 0.29) is 5.75 Å². The fraction of sp³-hybridized carbons (Fsp3) is 0.0588. The van der Waals surface area contributed by atoms with Gasteiger partial charge in [0.1, 0.15) is 5.75 Å². The first-order valence-electron chi connectivity index (χ1n) is 6.87. The molecule has 0 aliphatic heterocycles. The Morgan fingerprint density at radius 3 is 2.77 bits per heavy atom. The van der Waals surface area contributed by atoms with Crippen LogP contribution in [0.1, 0.15) is 0 Å². The second-order valence-electron chi connectivity index (χ2n) is 4.96. The van der Waals surface area contributed by atoms with Crippen LogP contribution in [0.2, 0.25) is 0 Å². The Bertz CT molecular complexity index is 992. The van der Waals surface area contributed by atoms with Gasteiger partial charge in [0.15, 0.2) is 0 Å². The summed E-state index contributed by atoms with van der Waals surface area (Å²) in [5.41, 5.74) is 4.17. The molecular weight excluding hydrogens is 278 g/mol. The van der Waals surface area contributed by atoms with Crippen molar-refractivity contribution in [2.45, 2.75) is 0 Å². The van der Waals surface area contributed by atoms with Gasteiger partial charge in [-0.1, -0.05) is 24.3 Å². The third kappa shape index (κ3) is 1.79. The van der Waals surface area contributed by atoms with Crippen molar-refractivity contribution in [2.75, 3.05) is 7.11 Å². The van der Waals surface area contributed by atoms with Gasteiger partial charge in [0.2, 0.25) is 5.65 Å². The van der Waals surface area contributed by atoms with Crippen LogP contribution >= 0.6 is 0 Å². The topological polar surface area (TPSA) is 59.7 Å². The lowest BCUT2D eigenvalue weighted by molar-refractivity contribution is 0.402. The molecule has 0 spiro atoms. The van der Waals surface area contributed by atoms with Gasteiger partial charge in [0, 0.05) is 5.56 Å². The number of ether oxygens (including phenoxy) is 1. The van der Waals surface area contributed by atoms with Gasteiger partial charge in [-0.2, -0.15) is 0 Å². The highest BCUT2D eigenvalue weighted by Gasteiger charge is 2.15. The maximum absolute atomic E-state index is 9.73. The van der Waals surface area contributed by atoms with Gasteiger partial charge in [-0.25, -0.2) is 9.97 Å². The van der Waals surface area contributed by atoms with Crippen molar-refractivity contribution >= 4 is 16.7 Å². The SMILES string of the molecule is COc1nc2ccccc2n2c(-c3cccc(O)c3)cnc12.